The van der Waals surface area contributed by atoms with Crippen LogP contribution in [0.2, 0.25) is 0 Å². The first kappa shape index (κ1) is 20.8. The highest BCUT2D eigenvalue weighted by Crippen LogP contribution is 2.48. The molecule has 1 unspecified atom stereocenters. The van der Waals surface area contributed by atoms with E-state index in [2.05, 4.69) is 20.6 Å². The third kappa shape index (κ3) is 3.91. The normalized spacial score (nSPS) is 23.1. The molecule has 3 N–H and O–H groups in total. The maximum Gasteiger partial charge on any atom is 0.251 e. The van der Waals surface area contributed by atoms with E-state index in [9.17, 15) is 14.0 Å². The summed E-state index contributed by atoms with van der Waals surface area (Å²) in [7, 11) is 0. The van der Waals surface area contributed by atoms with E-state index in [1.165, 1.54) is 37.1 Å². The van der Waals surface area contributed by atoms with E-state index in [1.54, 1.807) is 6.08 Å². The van der Waals surface area contributed by atoms with Gasteiger partial charge in [0.2, 0.25) is 0 Å². The molecule has 1 heterocycles. The second kappa shape index (κ2) is 8.24. The summed E-state index contributed by atoms with van der Waals surface area (Å²) in [6, 6.07) is 11.6. The SMILES string of the molecule is O=C(Nc1ccc(F)cc1)C1=CC=C(c2nc3ccc(C(=O)NC4CC5CC4C5)cc3[nH]2)CC1. The highest BCUT2D eigenvalue weighted by atomic mass is 19.1. The number of fused-ring (bicyclic) bond motifs is 2. The van der Waals surface area contributed by atoms with E-state index in [1.807, 2.05) is 24.3 Å². The van der Waals surface area contributed by atoms with Crippen molar-refractivity contribution in [2.24, 2.45) is 11.8 Å². The van der Waals surface area contributed by atoms with Gasteiger partial charge in [-0.05, 0) is 92.0 Å². The van der Waals surface area contributed by atoms with Gasteiger partial charge >= 0.3 is 0 Å². The molecule has 0 aliphatic heterocycles. The summed E-state index contributed by atoms with van der Waals surface area (Å²) in [4.78, 5) is 33.3. The number of imidazole rings is 1. The smallest absolute Gasteiger partial charge is 0.251 e. The Balaban J connectivity index is 1.15. The number of carbonyl (C=O) groups is 2. The highest BCUT2D eigenvalue weighted by Gasteiger charge is 2.44. The molecule has 0 saturated heterocycles. The van der Waals surface area contributed by atoms with Crippen LogP contribution in [0.3, 0.4) is 0 Å². The van der Waals surface area contributed by atoms with E-state index < -0.39 is 0 Å². The summed E-state index contributed by atoms with van der Waals surface area (Å²) in [5, 5.41) is 6.01. The van der Waals surface area contributed by atoms with Gasteiger partial charge in [0.05, 0.1) is 11.0 Å². The Hall–Kier alpha value is -3.74. The lowest BCUT2D eigenvalue weighted by Gasteiger charge is -2.24. The number of amides is 2. The summed E-state index contributed by atoms with van der Waals surface area (Å²) in [5.41, 5.74) is 4.50. The monoisotopic (exact) mass is 456 g/mol. The first-order chi connectivity index (χ1) is 16.5. The van der Waals surface area contributed by atoms with E-state index in [-0.39, 0.29) is 17.6 Å². The van der Waals surface area contributed by atoms with Gasteiger partial charge in [-0.25, -0.2) is 9.37 Å². The number of aromatic nitrogens is 2. The first-order valence-electron chi connectivity index (χ1n) is 11.8. The number of rotatable bonds is 5. The molecule has 7 heteroatoms. The number of hydrogen-bond acceptors (Lipinski definition) is 3. The number of carbonyl (C=O) groups excluding carboxylic acids is 2. The van der Waals surface area contributed by atoms with E-state index in [4.69, 9.17) is 0 Å². The molecule has 6 nitrogen and oxygen atoms in total. The van der Waals surface area contributed by atoms with Crippen LogP contribution in [0.15, 0.2) is 60.2 Å². The standard InChI is InChI=1S/C27H25FN4O2/c28-20-6-8-21(9-7-20)29-26(33)17-3-1-16(2-4-17)25-30-22-10-5-18(14-24(22)31-25)27(34)32-23-13-15-11-19(23)12-15/h1,3,5-10,14-15,19,23H,2,4,11-13H2,(H,29,33)(H,30,31)(H,32,34). The lowest BCUT2D eigenvalue weighted by molar-refractivity contribution is -0.113. The van der Waals surface area contributed by atoms with Crippen LogP contribution >= 0.6 is 0 Å². The minimum Gasteiger partial charge on any atom is -0.349 e. The molecule has 3 saturated carbocycles. The highest BCUT2D eigenvalue weighted by molar-refractivity contribution is 6.04. The third-order valence-electron chi connectivity index (χ3n) is 7.34. The Morgan fingerprint density at radius 2 is 1.79 bits per heavy atom. The van der Waals surface area contributed by atoms with E-state index in [0.29, 0.717) is 41.6 Å². The van der Waals surface area contributed by atoms with Crippen LogP contribution < -0.4 is 10.6 Å². The van der Waals surface area contributed by atoms with Gasteiger partial charge in [-0.15, -0.1) is 0 Å². The zero-order chi connectivity index (χ0) is 23.2. The van der Waals surface area contributed by atoms with Crippen LogP contribution in [-0.2, 0) is 4.79 Å². The van der Waals surface area contributed by atoms with Crippen LogP contribution in [0.1, 0.15) is 48.3 Å². The number of benzene rings is 2. The molecule has 4 aliphatic carbocycles. The number of H-pyrrole nitrogens is 1. The molecule has 2 aromatic carbocycles. The number of allylic oxidation sites excluding steroid dienone is 3. The number of nitrogens with zero attached hydrogens (tertiary/aromatic N) is 1. The van der Waals surface area contributed by atoms with Gasteiger partial charge in [0.15, 0.2) is 0 Å². The van der Waals surface area contributed by atoms with E-state index in [0.717, 1.165) is 34.8 Å². The van der Waals surface area contributed by atoms with Crippen LogP contribution in [0, 0.1) is 17.7 Å². The number of anilines is 1. The quantitative estimate of drug-likeness (QED) is 0.507. The molecule has 3 fully saturated rings. The zero-order valence-electron chi connectivity index (χ0n) is 18.6. The molecule has 2 amide bonds. The van der Waals surface area contributed by atoms with Crippen molar-refractivity contribution in [3.8, 4) is 0 Å². The van der Waals surface area contributed by atoms with Crippen molar-refractivity contribution in [1.29, 1.82) is 0 Å². The van der Waals surface area contributed by atoms with Crippen molar-refractivity contribution in [3.63, 3.8) is 0 Å². The Labute approximate surface area is 196 Å². The molecule has 1 atom stereocenters. The molecule has 172 valence electrons. The number of hydrogen-bond donors (Lipinski definition) is 3. The molecule has 34 heavy (non-hydrogen) atoms. The predicted molar refractivity (Wildman–Crippen MR) is 129 cm³/mol. The fourth-order valence-corrected chi connectivity index (χ4v) is 5.36. The zero-order valence-corrected chi connectivity index (χ0v) is 18.6. The summed E-state index contributed by atoms with van der Waals surface area (Å²) in [6.45, 7) is 0. The molecular formula is C27H25FN4O2. The maximum atomic E-state index is 13.1. The predicted octanol–water partition coefficient (Wildman–Crippen LogP) is 4.97. The Kier molecular flexibility index (Phi) is 5.05. The van der Waals surface area contributed by atoms with Gasteiger partial charge in [-0.3, -0.25) is 9.59 Å². The minimum atomic E-state index is -0.341. The molecule has 0 radical (unpaired) electrons. The summed E-state index contributed by atoms with van der Waals surface area (Å²) in [5.74, 6) is 1.66. The largest absolute Gasteiger partial charge is 0.349 e. The molecule has 0 spiro atoms. The average molecular weight is 457 g/mol. The second-order valence-electron chi connectivity index (χ2n) is 9.58. The van der Waals surface area contributed by atoms with Crippen molar-refractivity contribution in [3.05, 3.63) is 77.4 Å². The van der Waals surface area contributed by atoms with Gasteiger partial charge in [-0.2, -0.15) is 0 Å². The molecular weight excluding hydrogens is 431 g/mol. The summed E-state index contributed by atoms with van der Waals surface area (Å²) < 4.78 is 13.1. The Bertz CT molecular complexity index is 1350. The fraction of sp³-hybridized carbons (Fsp3) is 0.296. The summed E-state index contributed by atoms with van der Waals surface area (Å²) in [6.07, 6.45) is 8.57. The minimum absolute atomic E-state index is 0.0211. The van der Waals surface area contributed by atoms with Crippen LogP contribution in [0.25, 0.3) is 16.6 Å². The lowest BCUT2D eigenvalue weighted by Crippen LogP contribution is -2.36. The van der Waals surface area contributed by atoms with Gasteiger partial charge in [-0.1, -0.05) is 12.2 Å². The Morgan fingerprint density at radius 3 is 2.50 bits per heavy atom. The molecule has 2 bridgehead atoms. The van der Waals surface area contributed by atoms with Gasteiger partial charge < -0.3 is 15.6 Å². The number of halogens is 1. The van der Waals surface area contributed by atoms with Crippen molar-refractivity contribution < 1.29 is 14.0 Å². The molecule has 1 aromatic heterocycles. The number of nitrogens with one attached hydrogen (secondary N) is 3. The molecule has 7 rings (SSSR count). The average Bonchev–Trinajstić information content (AvgIpc) is 3.53. The third-order valence-corrected chi connectivity index (χ3v) is 7.34. The van der Waals surface area contributed by atoms with E-state index >= 15 is 0 Å². The second-order valence-corrected chi connectivity index (χ2v) is 9.58. The van der Waals surface area contributed by atoms with Gasteiger partial charge in [0, 0.05) is 22.9 Å². The topological polar surface area (TPSA) is 86.9 Å². The lowest BCUT2D eigenvalue weighted by atomic mass is 9.84. The maximum absolute atomic E-state index is 13.1. The van der Waals surface area contributed by atoms with Gasteiger partial charge in [0.25, 0.3) is 11.8 Å². The Morgan fingerprint density at radius 1 is 0.971 bits per heavy atom. The van der Waals surface area contributed by atoms with Gasteiger partial charge in [0.1, 0.15) is 11.6 Å². The van der Waals surface area contributed by atoms with Crippen molar-refractivity contribution in [2.75, 3.05) is 5.32 Å². The van der Waals surface area contributed by atoms with Crippen LogP contribution in [0.4, 0.5) is 10.1 Å². The van der Waals surface area contributed by atoms with Crippen LogP contribution in [0.5, 0.6) is 0 Å². The van der Waals surface area contributed by atoms with Crippen molar-refractivity contribution in [1.82, 2.24) is 15.3 Å². The fourth-order valence-electron chi connectivity index (χ4n) is 5.36. The van der Waals surface area contributed by atoms with Crippen molar-refractivity contribution >= 4 is 34.1 Å². The van der Waals surface area contributed by atoms with Crippen molar-refractivity contribution in [2.45, 2.75) is 38.1 Å². The number of aromatic amines is 1. The first-order valence-corrected chi connectivity index (χ1v) is 11.8. The summed E-state index contributed by atoms with van der Waals surface area (Å²) >= 11 is 0. The van der Waals surface area contributed by atoms with Crippen LogP contribution in [-0.4, -0.2) is 27.8 Å². The molecule has 4 aliphatic rings. The molecule has 3 aromatic rings.